The van der Waals surface area contributed by atoms with Crippen LogP contribution in [-0.2, 0) is 42.9 Å². The SMILES string of the molecule is C#CC#CC#CC#CC(CC(=O)NCCCOCCOCCOCCN(CCOCCOCCCNC(=O)CC(C#CC#CC#CC#C)C(=O)O)c1ccc(/N=N/c2sc([N+](=O)[O-])cc2[N+](=O)[O-])c(C)c1)C(=O)O. The maximum Gasteiger partial charge on any atom is 0.333 e. The lowest BCUT2D eigenvalue weighted by Gasteiger charge is -2.25. The van der Waals surface area contributed by atoms with E-state index in [9.17, 15) is 49.6 Å². The fourth-order valence-corrected chi connectivity index (χ4v) is 6.27. The van der Waals surface area contributed by atoms with Gasteiger partial charge in [-0.3, -0.25) is 39.4 Å². The molecule has 0 saturated carbocycles. The Kier molecular flexibility index (Phi) is 31.5. The second-order valence-electron chi connectivity index (χ2n) is 14.4. The van der Waals surface area contributed by atoms with Gasteiger partial charge in [-0.15, -0.1) is 23.1 Å². The number of carbonyl (C=O) groups excluding carboxylic acids is 2. The predicted octanol–water partition coefficient (Wildman–Crippen LogP) is 3.66. The second-order valence-corrected chi connectivity index (χ2v) is 15.4. The number of rotatable bonds is 34. The number of carbonyl (C=O) groups is 4. The number of thiophene rings is 1. The van der Waals surface area contributed by atoms with Gasteiger partial charge in [0.05, 0.1) is 81.2 Å². The van der Waals surface area contributed by atoms with Crippen LogP contribution in [0.4, 0.5) is 27.1 Å². The van der Waals surface area contributed by atoms with Crippen molar-refractivity contribution in [1.29, 1.82) is 0 Å². The van der Waals surface area contributed by atoms with E-state index >= 15 is 0 Å². The Labute approximate surface area is 431 Å². The number of nitrogens with zero attached hydrogens (tertiary/aromatic N) is 5. The average molecular weight is 1030 g/mol. The Morgan fingerprint density at radius 3 is 1.53 bits per heavy atom. The zero-order valence-corrected chi connectivity index (χ0v) is 41.0. The van der Waals surface area contributed by atoms with E-state index in [4.69, 9.17) is 36.5 Å². The summed E-state index contributed by atoms with van der Waals surface area (Å²) in [5, 5.41) is 54.0. The largest absolute Gasteiger partial charge is 0.480 e. The molecule has 1 heterocycles. The molecule has 0 saturated heterocycles. The lowest BCUT2D eigenvalue weighted by Crippen LogP contribution is -2.31. The number of hydrogen-bond acceptors (Lipinski definition) is 17. The van der Waals surface area contributed by atoms with Gasteiger partial charge in [-0.05, 0) is 126 Å². The van der Waals surface area contributed by atoms with Gasteiger partial charge in [0, 0.05) is 45.1 Å². The highest BCUT2D eigenvalue weighted by molar-refractivity contribution is 7.19. The number of terminal acetylenes is 2. The van der Waals surface area contributed by atoms with Gasteiger partial charge in [-0.1, -0.05) is 11.8 Å². The van der Waals surface area contributed by atoms with E-state index in [1.807, 2.05) is 11.0 Å². The Morgan fingerprint density at radius 2 is 1.09 bits per heavy atom. The molecule has 2 aromatic rings. The van der Waals surface area contributed by atoms with Crippen LogP contribution in [0.1, 0.15) is 31.2 Å². The molecule has 0 radical (unpaired) electrons. The van der Waals surface area contributed by atoms with Gasteiger partial charge < -0.3 is 49.4 Å². The van der Waals surface area contributed by atoms with E-state index in [0.717, 1.165) is 11.8 Å². The van der Waals surface area contributed by atoms with Crippen LogP contribution in [0, 0.1) is 135 Å². The molecule has 2 rings (SSSR count). The minimum absolute atomic E-state index is 0.210. The number of nitro groups is 2. The third-order valence-corrected chi connectivity index (χ3v) is 10.0. The first-order chi connectivity index (χ1) is 35.8. The second kappa shape index (κ2) is 38.0. The Balaban J connectivity index is 1.81. The number of nitrogens with one attached hydrogen (secondary N) is 2. The summed E-state index contributed by atoms with van der Waals surface area (Å²) in [4.78, 5) is 70.5. The van der Waals surface area contributed by atoms with Crippen LogP contribution >= 0.6 is 11.3 Å². The number of aliphatic carboxylic acids is 2. The van der Waals surface area contributed by atoms with E-state index in [1.54, 1.807) is 19.1 Å². The molecule has 2 amide bonds. The first-order valence-corrected chi connectivity index (χ1v) is 23.1. The van der Waals surface area contributed by atoms with E-state index in [-0.39, 0.29) is 50.8 Å². The highest BCUT2D eigenvalue weighted by atomic mass is 32.1. The van der Waals surface area contributed by atoms with Gasteiger partial charge >= 0.3 is 22.6 Å². The molecule has 2 unspecified atom stereocenters. The molecule has 0 fully saturated rings. The molecule has 23 heteroatoms. The predicted molar refractivity (Wildman–Crippen MR) is 270 cm³/mol. The van der Waals surface area contributed by atoms with Crippen LogP contribution in [0.15, 0.2) is 34.5 Å². The normalized spacial score (nSPS) is 10.6. The molecular weight excluding hydrogens is 983 g/mol. The van der Waals surface area contributed by atoms with Crippen molar-refractivity contribution in [2.24, 2.45) is 22.1 Å². The lowest BCUT2D eigenvalue weighted by atomic mass is 10.1. The van der Waals surface area contributed by atoms with Crippen LogP contribution in [-0.4, -0.2) is 136 Å². The average Bonchev–Trinajstić information content (AvgIpc) is 3.81. The third-order valence-electron chi connectivity index (χ3n) is 9.07. The number of carboxylic acids is 2. The van der Waals surface area contributed by atoms with E-state index in [0.29, 0.717) is 94.8 Å². The molecule has 2 atom stereocenters. The first-order valence-electron chi connectivity index (χ1n) is 22.3. The standard InChI is InChI=1S/C51H51N7O15S/c1-4-6-8-10-12-14-18-41(50(61)62)37-46(59)52-22-16-26-69-30-32-71-28-24-56(43-20-21-44(40(3)36-43)54-55-49-45(57(65)66)39-48(74-49)58(67)68)25-29-72-33-35-73-34-31-70-27-17-23-53-47(60)38-42(51(63)64)19-15-13-11-9-7-5-2/h1-2,20-21,36,39,41-42H,16-17,22-35,37-38H2,3H3,(H,52,59)(H,53,60)(H,61,62)(H,63,64)/b55-54+. The smallest absolute Gasteiger partial charge is 0.333 e. The number of azo groups is 1. The van der Waals surface area contributed by atoms with Gasteiger partial charge in [0.25, 0.3) is 0 Å². The van der Waals surface area contributed by atoms with Crippen LogP contribution in [0.3, 0.4) is 0 Å². The molecule has 0 bridgehead atoms. The van der Waals surface area contributed by atoms with Gasteiger partial charge in [-0.2, -0.15) is 0 Å². The summed E-state index contributed by atoms with van der Waals surface area (Å²) in [6.07, 6.45) is 10.2. The van der Waals surface area contributed by atoms with E-state index in [2.05, 4.69) is 104 Å². The highest BCUT2D eigenvalue weighted by Gasteiger charge is 2.25. The van der Waals surface area contributed by atoms with Crippen molar-refractivity contribution in [1.82, 2.24) is 10.6 Å². The quantitative estimate of drug-likeness (QED) is 0.0256. The summed E-state index contributed by atoms with van der Waals surface area (Å²) >= 11 is 0.542. The summed E-state index contributed by atoms with van der Waals surface area (Å²) in [6.45, 7) is 6.12. The summed E-state index contributed by atoms with van der Waals surface area (Å²) < 4.78 is 28.4. The molecule has 0 spiro atoms. The minimum atomic E-state index is -1.26. The Bertz CT molecular complexity index is 2760. The summed E-state index contributed by atoms with van der Waals surface area (Å²) in [5.41, 5.74) is 1.31. The minimum Gasteiger partial charge on any atom is -0.480 e. The number of hydrogen-bond donors (Lipinski definition) is 4. The lowest BCUT2D eigenvalue weighted by molar-refractivity contribution is -0.389. The topological polar surface area (TPSA) is 293 Å². The molecule has 1 aromatic carbocycles. The summed E-state index contributed by atoms with van der Waals surface area (Å²) in [7, 11) is 0. The van der Waals surface area contributed by atoms with Crippen LogP contribution in [0.2, 0.25) is 0 Å². The maximum absolute atomic E-state index is 12.2. The molecule has 74 heavy (non-hydrogen) atoms. The molecule has 22 nitrogen and oxygen atoms in total. The van der Waals surface area contributed by atoms with Crippen molar-refractivity contribution in [3.05, 3.63) is 50.1 Å². The van der Waals surface area contributed by atoms with Crippen molar-refractivity contribution in [2.45, 2.75) is 32.6 Å². The summed E-state index contributed by atoms with van der Waals surface area (Å²) in [5.74, 6) is 26.4. The zero-order chi connectivity index (χ0) is 54.2. The molecule has 4 N–H and O–H groups in total. The van der Waals surface area contributed by atoms with Gasteiger partial charge in [-0.25, -0.2) is 0 Å². The fraction of sp³-hybridized carbons (Fsp3) is 0.412. The van der Waals surface area contributed by atoms with Crippen molar-refractivity contribution in [3.63, 3.8) is 0 Å². The number of amides is 2. The first kappa shape index (κ1) is 61.4. The summed E-state index contributed by atoms with van der Waals surface area (Å²) in [6, 6.07) is 6.13. The maximum atomic E-state index is 12.2. The van der Waals surface area contributed by atoms with E-state index in [1.165, 1.54) is 0 Å². The molecular formula is C51H51N7O15S. The van der Waals surface area contributed by atoms with E-state index < -0.39 is 56.1 Å². The van der Waals surface area contributed by atoms with Gasteiger partial charge in [0.1, 0.15) is 17.9 Å². The van der Waals surface area contributed by atoms with Crippen LogP contribution < -0.4 is 15.5 Å². The molecule has 1 aromatic heterocycles. The molecule has 0 aliphatic rings. The van der Waals surface area contributed by atoms with Gasteiger partial charge in [0.2, 0.25) is 16.8 Å². The van der Waals surface area contributed by atoms with Crippen molar-refractivity contribution in [2.75, 3.05) is 97.1 Å². The molecule has 0 aliphatic carbocycles. The monoisotopic (exact) mass is 1030 g/mol. The van der Waals surface area contributed by atoms with Gasteiger partial charge in [0.15, 0.2) is 0 Å². The zero-order valence-electron chi connectivity index (χ0n) is 40.2. The van der Waals surface area contributed by atoms with Crippen LogP contribution in [0.25, 0.3) is 0 Å². The molecule has 386 valence electrons. The molecule has 0 aliphatic heterocycles. The Hall–Kier alpha value is -8.72. The fourth-order valence-electron chi connectivity index (χ4n) is 5.51. The highest BCUT2D eigenvalue weighted by Crippen LogP contribution is 2.42. The number of carboxylic acid groups (broad SMARTS) is 2. The van der Waals surface area contributed by atoms with Crippen LogP contribution in [0.5, 0.6) is 0 Å². The number of ether oxygens (including phenoxy) is 5. The van der Waals surface area contributed by atoms with Crippen molar-refractivity contribution < 1.29 is 62.9 Å². The number of anilines is 1. The van der Waals surface area contributed by atoms with Crippen molar-refractivity contribution >= 4 is 62.2 Å². The number of aryl methyl sites for hydroxylation is 1. The van der Waals surface area contributed by atoms with Crippen molar-refractivity contribution in [3.8, 4) is 95.7 Å². The third kappa shape index (κ3) is 27.6. The number of benzene rings is 1. The Morgan fingerprint density at radius 1 is 0.649 bits per heavy atom.